The molecule has 0 saturated carbocycles. The average Bonchev–Trinajstić information content (AvgIpc) is 3.50. The minimum atomic E-state index is -0.182. The van der Waals surface area contributed by atoms with Gasteiger partial charge < -0.3 is 5.11 Å². The lowest BCUT2D eigenvalue weighted by Gasteiger charge is -2.09. The zero-order chi connectivity index (χ0) is 23.5. The first-order chi connectivity index (χ1) is 16.7. The summed E-state index contributed by atoms with van der Waals surface area (Å²) in [5.74, 6) is 0.551. The lowest BCUT2D eigenvalue weighted by Crippen LogP contribution is -2.24. The van der Waals surface area contributed by atoms with Crippen LogP contribution in [-0.2, 0) is 13.0 Å². The molecule has 0 fully saturated rings. The monoisotopic (exact) mass is 453 g/mol. The first kappa shape index (κ1) is 21.3. The Morgan fingerprint density at radius 1 is 1.03 bits per heavy atom. The number of tetrazole rings is 1. The number of aromatic hydroxyl groups is 1. The van der Waals surface area contributed by atoms with Crippen LogP contribution in [0.3, 0.4) is 0 Å². The topological polar surface area (TPSA) is 115 Å². The number of H-pyrrole nitrogens is 1. The van der Waals surface area contributed by atoms with Crippen molar-refractivity contribution in [1.82, 2.24) is 34.7 Å². The standard InChI is InChI=1S/C25H23N7O2/c1-2-6-19-16-32(21-8-3-4-9-22(21)33)25(34)31(19)15-17-10-12-18(13-11-17)23-20(7-5-14-26-23)24-27-29-30-28-24/h3-5,7-14,16,33H,2,6,15H2,1H3,(H,27,28,29,30). The molecule has 170 valence electrons. The van der Waals surface area contributed by atoms with Crippen molar-refractivity contribution in [2.45, 2.75) is 26.3 Å². The van der Waals surface area contributed by atoms with E-state index in [2.05, 4.69) is 32.5 Å². The molecular weight excluding hydrogens is 430 g/mol. The number of hydrogen-bond donors (Lipinski definition) is 2. The molecular formula is C25H23N7O2. The van der Waals surface area contributed by atoms with E-state index in [0.29, 0.717) is 18.1 Å². The van der Waals surface area contributed by atoms with Gasteiger partial charge in [0, 0.05) is 29.2 Å². The van der Waals surface area contributed by atoms with E-state index >= 15 is 0 Å². The highest BCUT2D eigenvalue weighted by atomic mass is 16.3. The van der Waals surface area contributed by atoms with Crippen molar-refractivity contribution in [2.24, 2.45) is 0 Å². The Bertz CT molecular complexity index is 1470. The van der Waals surface area contributed by atoms with Gasteiger partial charge in [-0.3, -0.25) is 14.1 Å². The predicted molar refractivity (Wildman–Crippen MR) is 128 cm³/mol. The minimum Gasteiger partial charge on any atom is -0.506 e. The highest BCUT2D eigenvalue weighted by Crippen LogP contribution is 2.28. The Balaban J connectivity index is 1.48. The van der Waals surface area contributed by atoms with Crippen LogP contribution in [0.4, 0.5) is 0 Å². The molecule has 2 aromatic carbocycles. The second-order valence-corrected chi connectivity index (χ2v) is 7.93. The molecule has 0 aliphatic heterocycles. The van der Waals surface area contributed by atoms with Crippen molar-refractivity contribution in [3.05, 3.63) is 94.8 Å². The molecule has 0 bridgehead atoms. The Morgan fingerprint density at radius 3 is 2.59 bits per heavy atom. The van der Waals surface area contributed by atoms with Crippen molar-refractivity contribution in [3.63, 3.8) is 0 Å². The number of phenols is 1. The molecule has 3 aromatic heterocycles. The minimum absolute atomic E-state index is 0.0712. The van der Waals surface area contributed by atoms with Crippen molar-refractivity contribution in [3.8, 4) is 34.1 Å². The van der Waals surface area contributed by atoms with Crippen molar-refractivity contribution in [1.29, 1.82) is 0 Å². The number of aryl methyl sites for hydroxylation is 1. The molecule has 5 aromatic rings. The Hall–Kier alpha value is -4.53. The third-order valence-electron chi connectivity index (χ3n) is 5.67. The molecule has 0 atom stereocenters. The lowest BCUT2D eigenvalue weighted by atomic mass is 10.0. The Kier molecular flexibility index (Phi) is 5.73. The molecule has 0 spiro atoms. The average molecular weight is 454 g/mol. The molecule has 34 heavy (non-hydrogen) atoms. The van der Waals surface area contributed by atoms with Crippen molar-refractivity contribution < 1.29 is 5.11 Å². The molecule has 0 aliphatic rings. The molecule has 0 unspecified atom stereocenters. The third-order valence-corrected chi connectivity index (χ3v) is 5.67. The fourth-order valence-electron chi connectivity index (χ4n) is 4.03. The van der Waals surface area contributed by atoms with Crippen LogP contribution in [0.1, 0.15) is 24.6 Å². The van der Waals surface area contributed by atoms with E-state index in [0.717, 1.165) is 40.9 Å². The number of aromatic amines is 1. The van der Waals surface area contributed by atoms with E-state index in [4.69, 9.17) is 0 Å². The Labute approximate surface area is 195 Å². The molecule has 2 N–H and O–H groups in total. The maximum Gasteiger partial charge on any atom is 0.333 e. The van der Waals surface area contributed by atoms with Gasteiger partial charge in [-0.1, -0.05) is 49.7 Å². The first-order valence-electron chi connectivity index (χ1n) is 11.0. The van der Waals surface area contributed by atoms with E-state index < -0.39 is 0 Å². The number of phenolic OH excluding ortho intramolecular Hbond substituents is 1. The van der Waals surface area contributed by atoms with Crippen LogP contribution in [0.2, 0.25) is 0 Å². The second-order valence-electron chi connectivity index (χ2n) is 7.93. The van der Waals surface area contributed by atoms with E-state index in [1.807, 2.05) is 42.6 Å². The van der Waals surface area contributed by atoms with Gasteiger partial charge in [-0.15, -0.1) is 10.2 Å². The zero-order valence-corrected chi connectivity index (χ0v) is 18.6. The maximum absolute atomic E-state index is 13.3. The maximum atomic E-state index is 13.3. The van der Waals surface area contributed by atoms with Crippen LogP contribution in [0.5, 0.6) is 5.75 Å². The molecule has 9 heteroatoms. The highest BCUT2D eigenvalue weighted by molar-refractivity contribution is 5.76. The number of nitrogens with zero attached hydrogens (tertiary/aromatic N) is 6. The van der Waals surface area contributed by atoms with E-state index in [-0.39, 0.29) is 11.4 Å². The lowest BCUT2D eigenvalue weighted by molar-refractivity contribution is 0.471. The summed E-state index contributed by atoms with van der Waals surface area (Å²) < 4.78 is 3.27. The summed E-state index contributed by atoms with van der Waals surface area (Å²) in [4.78, 5) is 17.8. The van der Waals surface area contributed by atoms with Gasteiger partial charge in [0.2, 0.25) is 5.82 Å². The highest BCUT2D eigenvalue weighted by Gasteiger charge is 2.16. The SMILES string of the molecule is CCCc1cn(-c2ccccc2O)c(=O)n1Cc1ccc(-c2ncccc2-c2nn[nH]n2)cc1. The fourth-order valence-corrected chi connectivity index (χ4v) is 4.03. The summed E-state index contributed by atoms with van der Waals surface area (Å²) in [6, 6.07) is 18.5. The molecule has 3 heterocycles. The molecule has 0 amide bonds. The molecule has 0 aliphatic carbocycles. The van der Waals surface area contributed by atoms with E-state index in [1.165, 1.54) is 4.57 Å². The summed E-state index contributed by atoms with van der Waals surface area (Å²) in [5.41, 5.74) is 4.65. The van der Waals surface area contributed by atoms with Gasteiger partial charge >= 0.3 is 5.69 Å². The van der Waals surface area contributed by atoms with Crippen LogP contribution < -0.4 is 5.69 Å². The van der Waals surface area contributed by atoms with Crippen LogP contribution in [0.25, 0.3) is 28.3 Å². The van der Waals surface area contributed by atoms with Gasteiger partial charge in [-0.2, -0.15) is 5.21 Å². The predicted octanol–water partition coefficient (Wildman–Crippen LogP) is 3.59. The van der Waals surface area contributed by atoms with Crippen LogP contribution >= 0.6 is 0 Å². The van der Waals surface area contributed by atoms with Gasteiger partial charge in [-0.05, 0) is 41.5 Å². The van der Waals surface area contributed by atoms with Gasteiger partial charge in [0.15, 0.2) is 0 Å². The number of pyridine rings is 1. The summed E-state index contributed by atoms with van der Waals surface area (Å²) in [7, 11) is 0. The van der Waals surface area contributed by atoms with Crippen molar-refractivity contribution >= 4 is 0 Å². The number of imidazole rings is 1. The number of para-hydroxylation sites is 2. The normalized spacial score (nSPS) is 11.1. The summed E-state index contributed by atoms with van der Waals surface area (Å²) in [5, 5.41) is 24.5. The van der Waals surface area contributed by atoms with Crippen LogP contribution in [-0.4, -0.2) is 39.8 Å². The smallest absolute Gasteiger partial charge is 0.333 e. The number of aromatic nitrogens is 7. The van der Waals surface area contributed by atoms with Crippen molar-refractivity contribution in [2.75, 3.05) is 0 Å². The van der Waals surface area contributed by atoms with Gasteiger partial charge in [0.25, 0.3) is 0 Å². The van der Waals surface area contributed by atoms with Crippen LogP contribution in [0.15, 0.2) is 77.9 Å². The second kappa shape index (κ2) is 9.14. The third kappa shape index (κ3) is 3.99. The fraction of sp³-hybridized carbons (Fsp3) is 0.160. The van der Waals surface area contributed by atoms with Gasteiger partial charge in [0.05, 0.1) is 17.9 Å². The van der Waals surface area contributed by atoms with Gasteiger partial charge in [-0.25, -0.2) is 4.79 Å². The first-order valence-corrected chi connectivity index (χ1v) is 11.0. The zero-order valence-electron chi connectivity index (χ0n) is 18.6. The number of rotatable bonds is 7. The summed E-state index contributed by atoms with van der Waals surface area (Å²) in [6.07, 6.45) is 5.21. The largest absolute Gasteiger partial charge is 0.506 e. The van der Waals surface area contributed by atoms with Crippen LogP contribution in [0, 0.1) is 0 Å². The Morgan fingerprint density at radius 2 is 1.85 bits per heavy atom. The van der Waals surface area contributed by atoms with Gasteiger partial charge in [0.1, 0.15) is 5.75 Å². The summed E-state index contributed by atoms with van der Waals surface area (Å²) in [6.45, 7) is 2.50. The number of hydrogen-bond acceptors (Lipinski definition) is 6. The molecule has 0 radical (unpaired) electrons. The quantitative estimate of drug-likeness (QED) is 0.389. The molecule has 9 nitrogen and oxygen atoms in total. The summed E-state index contributed by atoms with van der Waals surface area (Å²) >= 11 is 0. The van der Waals surface area contributed by atoms with E-state index in [9.17, 15) is 9.90 Å². The molecule has 0 saturated heterocycles. The number of nitrogens with one attached hydrogen (secondary N) is 1. The number of benzene rings is 2. The molecule has 5 rings (SSSR count). The van der Waals surface area contributed by atoms with E-state index in [1.54, 1.807) is 35.0 Å².